The van der Waals surface area contributed by atoms with Crippen molar-refractivity contribution in [2.45, 2.75) is 72.0 Å². The van der Waals surface area contributed by atoms with Crippen molar-refractivity contribution in [1.82, 2.24) is 14.7 Å². The van der Waals surface area contributed by atoms with Crippen LogP contribution in [0.25, 0.3) is 5.69 Å². The van der Waals surface area contributed by atoms with Gasteiger partial charge in [0.25, 0.3) is 0 Å². The topological polar surface area (TPSA) is 76.5 Å². The molecule has 7 nitrogen and oxygen atoms in total. The van der Waals surface area contributed by atoms with Gasteiger partial charge in [-0.2, -0.15) is 5.10 Å². The number of benzene rings is 1. The Morgan fingerprint density at radius 3 is 2.29 bits per heavy atom. The van der Waals surface area contributed by atoms with Crippen LogP contribution in [-0.4, -0.2) is 51.8 Å². The Bertz CT molecular complexity index is 917. The van der Waals surface area contributed by atoms with Gasteiger partial charge in [-0.05, 0) is 32.9 Å². The molecule has 31 heavy (non-hydrogen) atoms. The third kappa shape index (κ3) is 5.94. The van der Waals surface area contributed by atoms with Gasteiger partial charge >= 0.3 is 0 Å². The van der Waals surface area contributed by atoms with Crippen molar-refractivity contribution in [3.05, 3.63) is 41.6 Å². The second-order valence-electron chi connectivity index (χ2n) is 9.52. The first-order valence-corrected chi connectivity index (χ1v) is 10.9. The van der Waals surface area contributed by atoms with E-state index in [9.17, 15) is 9.59 Å². The molecular weight excluding hydrogens is 392 g/mol. The van der Waals surface area contributed by atoms with Crippen molar-refractivity contribution in [3.63, 3.8) is 0 Å². The summed E-state index contributed by atoms with van der Waals surface area (Å²) >= 11 is 0. The summed E-state index contributed by atoms with van der Waals surface area (Å²) in [4.78, 5) is 27.0. The summed E-state index contributed by atoms with van der Waals surface area (Å²) in [5.74, 6) is 0.399. The fourth-order valence-corrected chi connectivity index (χ4v) is 3.68. The molecule has 0 bridgehead atoms. The fraction of sp³-hybridized carbons (Fsp3) is 0.542. The van der Waals surface area contributed by atoms with E-state index in [0.29, 0.717) is 18.9 Å². The molecule has 2 unspecified atom stereocenters. The highest BCUT2D eigenvalue weighted by Gasteiger charge is 2.26. The number of amides is 2. The minimum Gasteiger partial charge on any atom is -0.372 e. The number of aryl methyl sites for hydroxylation is 1. The van der Waals surface area contributed by atoms with Crippen LogP contribution in [0.1, 0.15) is 58.7 Å². The number of carbonyl (C=O) groups is 2. The number of carbonyl (C=O) groups excluding carboxylic acids is 2. The normalized spacial score (nSPS) is 19.4. The Balaban J connectivity index is 1.69. The van der Waals surface area contributed by atoms with Crippen molar-refractivity contribution in [2.24, 2.45) is 0 Å². The van der Waals surface area contributed by atoms with E-state index >= 15 is 0 Å². The predicted molar refractivity (Wildman–Crippen MR) is 121 cm³/mol. The van der Waals surface area contributed by atoms with Crippen LogP contribution in [0.5, 0.6) is 0 Å². The molecule has 0 radical (unpaired) electrons. The minimum absolute atomic E-state index is 0.0143. The van der Waals surface area contributed by atoms with E-state index in [2.05, 4.69) is 26.1 Å². The molecular formula is C24H34N4O3. The Hall–Kier alpha value is -2.67. The van der Waals surface area contributed by atoms with Gasteiger partial charge in [0, 0.05) is 37.4 Å². The SMILES string of the molecule is Cc1ccc(-n2nc(C(C)(C)C)cc2NC(=O)CCC(=O)N2CC(C)OC(C)C2)cc1. The molecule has 1 aromatic heterocycles. The van der Waals surface area contributed by atoms with Crippen LogP contribution >= 0.6 is 0 Å². The molecule has 2 atom stereocenters. The van der Waals surface area contributed by atoms with Crippen molar-refractivity contribution in [3.8, 4) is 5.69 Å². The van der Waals surface area contributed by atoms with E-state index in [1.807, 2.05) is 51.1 Å². The lowest BCUT2D eigenvalue weighted by Crippen LogP contribution is -2.48. The molecule has 1 aliphatic rings. The van der Waals surface area contributed by atoms with Gasteiger partial charge in [0.15, 0.2) is 0 Å². The molecule has 1 aromatic carbocycles. The summed E-state index contributed by atoms with van der Waals surface area (Å²) in [5.41, 5.74) is 2.76. The van der Waals surface area contributed by atoms with Gasteiger partial charge in [0.1, 0.15) is 5.82 Å². The van der Waals surface area contributed by atoms with Crippen molar-refractivity contribution in [2.75, 3.05) is 18.4 Å². The van der Waals surface area contributed by atoms with Gasteiger partial charge in [-0.3, -0.25) is 9.59 Å². The first-order valence-electron chi connectivity index (χ1n) is 10.9. The van der Waals surface area contributed by atoms with Crippen molar-refractivity contribution >= 4 is 17.6 Å². The van der Waals surface area contributed by atoms with Gasteiger partial charge in [-0.15, -0.1) is 0 Å². The van der Waals surface area contributed by atoms with Gasteiger partial charge in [-0.1, -0.05) is 38.5 Å². The number of nitrogens with one attached hydrogen (secondary N) is 1. The standard InChI is InChI=1S/C24H34N4O3/c1-16-7-9-19(10-8-16)28-21(13-20(26-28)24(4,5)6)25-22(29)11-12-23(30)27-14-17(2)31-18(3)15-27/h7-10,13,17-18H,11-12,14-15H2,1-6H3,(H,25,29). The molecule has 2 heterocycles. The molecule has 1 saturated heterocycles. The maximum Gasteiger partial charge on any atom is 0.226 e. The first-order chi connectivity index (χ1) is 14.5. The smallest absolute Gasteiger partial charge is 0.226 e. The number of hydrogen-bond acceptors (Lipinski definition) is 4. The predicted octanol–water partition coefficient (Wildman–Crippen LogP) is 3.83. The molecule has 1 N–H and O–H groups in total. The third-order valence-corrected chi connectivity index (χ3v) is 5.36. The molecule has 0 spiro atoms. The lowest BCUT2D eigenvalue weighted by Gasteiger charge is -2.35. The van der Waals surface area contributed by atoms with Crippen LogP contribution in [0.3, 0.4) is 0 Å². The highest BCUT2D eigenvalue weighted by Crippen LogP contribution is 2.26. The monoisotopic (exact) mass is 426 g/mol. The molecule has 7 heteroatoms. The number of rotatable bonds is 5. The van der Waals surface area contributed by atoms with Crippen LogP contribution in [-0.2, 0) is 19.7 Å². The zero-order valence-corrected chi connectivity index (χ0v) is 19.4. The maximum atomic E-state index is 12.7. The lowest BCUT2D eigenvalue weighted by molar-refractivity contribution is -0.144. The van der Waals surface area contributed by atoms with E-state index in [4.69, 9.17) is 9.84 Å². The van der Waals surface area contributed by atoms with Crippen molar-refractivity contribution in [1.29, 1.82) is 0 Å². The average Bonchev–Trinajstić information content (AvgIpc) is 3.10. The number of aromatic nitrogens is 2. The summed E-state index contributed by atoms with van der Waals surface area (Å²) in [7, 11) is 0. The van der Waals surface area contributed by atoms with Crippen LogP contribution in [0.15, 0.2) is 30.3 Å². The van der Waals surface area contributed by atoms with Gasteiger partial charge in [0.2, 0.25) is 11.8 Å². The Labute approximate surface area is 184 Å². The van der Waals surface area contributed by atoms with Crippen molar-refractivity contribution < 1.29 is 14.3 Å². The van der Waals surface area contributed by atoms with Crippen LogP contribution < -0.4 is 5.32 Å². The zero-order chi connectivity index (χ0) is 22.8. The lowest BCUT2D eigenvalue weighted by atomic mass is 9.92. The molecule has 3 rings (SSSR count). The first kappa shape index (κ1) is 23.0. The Morgan fingerprint density at radius 2 is 1.71 bits per heavy atom. The fourth-order valence-electron chi connectivity index (χ4n) is 3.68. The minimum atomic E-state index is -0.198. The quantitative estimate of drug-likeness (QED) is 0.788. The van der Waals surface area contributed by atoms with E-state index in [0.717, 1.165) is 16.9 Å². The molecule has 1 fully saturated rings. The summed E-state index contributed by atoms with van der Waals surface area (Å²) in [6.07, 6.45) is 0.335. The molecule has 0 aliphatic carbocycles. The number of ether oxygens (including phenoxy) is 1. The third-order valence-electron chi connectivity index (χ3n) is 5.36. The highest BCUT2D eigenvalue weighted by molar-refractivity contribution is 5.93. The van der Waals surface area contributed by atoms with E-state index in [1.54, 1.807) is 9.58 Å². The molecule has 168 valence electrons. The zero-order valence-electron chi connectivity index (χ0n) is 19.4. The van der Waals surface area contributed by atoms with Crippen LogP contribution in [0.4, 0.5) is 5.82 Å². The van der Waals surface area contributed by atoms with Crippen LogP contribution in [0, 0.1) is 6.92 Å². The van der Waals surface area contributed by atoms with Gasteiger partial charge in [-0.25, -0.2) is 4.68 Å². The molecule has 0 saturated carbocycles. The van der Waals surface area contributed by atoms with E-state index in [1.165, 1.54) is 0 Å². The second kappa shape index (κ2) is 9.22. The summed E-state index contributed by atoms with van der Waals surface area (Å²) in [6.45, 7) is 13.3. The second-order valence-corrected chi connectivity index (χ2v) is 9.52. The number of anilines is 1. The van der Waals surface area contributed by atoms with Gasteiger partial charge in [0.05, 0.1) is 23.6 Å². The Morgan fingerprint density at radius 1 is 1.10 bits per heavy atom. The number of morpholine rings is 1. The summed E-state index contributed by atoms with van der Waals surface area (Å²) in [5, 5.41) is 7.69. The largest absolute Gasteiger partial charge is 0.372 e. The maximum absolute atomic E-state index is 12.7. The number of nitrogens with zero attached hydrogens (tertiary/aromatic N) is 3. The molecule has 1 aliphatic heterocycles. The molecule has 2 aromatic rings. The van der Waals surface area contributed by atoms with Crippen LogP contribution in [0.2, 0.25) is 0 Å². The Kier molecular flexibility index (Phi) is 6.84. The van der Waals surface area contributed by atoms with E-state index < -0.39 is 0 Å². The number of hydrogen-bond donors (Lipinski definition) is 1. The van der Waals surface area contributed by atoms with Gasteiger partial charge < -0.3 is 15.0 Å². The average molecular weight is 427 g/mol. The molecule has 2 amide bonds. The summed E-state index contributed by atoms with van der Waals surface area (Å²) in [6, 6.07) is 9.90. The van der Waals surface area contributed by atoms with E-state index in [-0.39, 0.29) is 42.3 Å². The highest BCUT2D eigenvalue weighted by atomic mass is 16.5. The summed E-state index contributed by atoms with van der Waals surface area (Å²) < 4.78 is 7.44.